The highest BCUT2D eigenvalue weighted by Gasteiger charge is 2.14. The molecule has 2 heterocycles. The van der Waals surface area contributed by atoms with Gasteiger partial charge in [-0.3, -0.25) is 9.67 Å². The van der Waals surface area contributed by atoms with Crippen LogP contribution in [0.15, 0.2) is 47.7 Å². The van der Waals surface area contributed by atoms with Crippen LogP contribution in [0.25, 0.3) is 5.69 Å². The van der Waals surface area contributed by atoms with Gasteiger partial charge in [-0.05, 0) is 56.9 Å². The summed E-state index contributed by atoms with van der Waals surface area (Å²) in [6, 6.07) is 10.4. The van der Waals surface area contributed by atoms with E-state index in [2.05, 4.69) is 52.8 Å². The van der Waals surface area contributed by atoms with Gasteiger partial charge in [0.1, 0.15) is 0 Å². The van der Waals surface area contributed by atoms with E-state index >= 15 is 0 Å². The number of guanidine groups is 1. The van der Waals surface area contributed by atoms with E-state index in [-0.39, 0.29) is 6.04 Å². The molecule has 0 fully saturated rings. The highest BCUT2D eigenvalue weighted by molar-refractivity contribution is 5.79. The largest absolute Gasteiger partial charge is 0.356 e. The van der Waals surface area contributed by atoms with Gasteiger partial charge in [0.25, 0.3) is 0 Å². The Labute approximate surface area is 172 Å². The topological polar surface area (TPSA) is 72.1 Å². The maximum atomic E-state index is 4.51. The van der Waals surface area contributed by atoms with E-state index in [4.69, 9.17) is 0 Å². The smallest absolute Gasteiger partial charge is 0.191 e. The summed E-state index contributed by atoms with van der Waals surface area (Å²) in [7, 11) is 3.79. The van der Waals surface area contributed by atoms with Crippen molar-refractivity contribution >= 4 is 5.96 Å². The first-order valence-electron chi connectivity index (χ1n) is 10.0. The lowest BCUT2D eigenvalue weighted by Crippen LogP contribution is -2.43. The van der Waals surface area contributed by atoms with Crippen molar-refractivity contribution in [2.45, 2.75) is 39.7 Å². The van der Waals surface area contributed by atoms with E-state index in [0.29, 0.717) is 0 Å². The maximum absolute atomic E-state index is 4.51. The van der Waals surface area contributed by atoms with Gasteiger partial charge < -0.3 is 10.6 Å². The number of nitrogens with zero attached hydrogens (tertiary/aromatic N) is 5. The Kier molecular flexibility index (Phi) is 6.69. The molecule has 3 rings (SSSR count). The van der Waals surface area contributed by atoms with Gasteiger partial charge in [-0.1, -0.05) is 18.2 Å². The first-order valence-corrected chi connectivity index (χ1v) is 10.0. The van der Waals surface area contributed by atoms with Gasteiger partial charge in [-0.15, -0.1) is 0 Å². The van der Waals surface area contributed by atoms with Crippen LogP contribution in [0.4, 0.5) is 0 Å². The summed E-state index contributed by atoms with van der Waals surface area (Å²) >= 11 is 0. The number of benzene rings is 1. The lowest BCUT2D eigenvalue weighted by Gasteiger charge is -2.18. The third kappa shape index (κ3) is 5.25. The molecule has 1 aromatic carbocycles. The van der Waals surface area contributed by atoms with Gasteiger partial charge >= 0.3 is 0 Å². The van der Waals surface area contributed by atoms with Gasteiger partial charge in [-0.25, -0.2) is 4.68 Å². The molecule has 1 unspecified atom stereocenters. The lowest BCUT2D eigenvalue weighted by molar-refractivity contribution is 0.635. The van der Waals surface area contributed by atoms with Crippen LogP contribution in [0.2, 0.25) is 0 Å². The normalized spacial score (nSPS) is 12.8. The quantitative estimate of drug-likeness (QED) is 0.478. The molecule has 0 aliphatic rings. The average Bonchev–Trinajstić information content (AvgIpc) is 3.28. The molecule has 0 aliphatic heterocycles. The zero-order valence-corrected chi connectivity index (χ0v) is 18.0. The van der Waals surface area contributed by atoms with E-state index in [9.17, 15) is 0 Å². The number of hydrogen-bond acceptors (Lipinski definition) is 3. The molecule has 0 saturated carbocycles. The summed E-state index contributed by atoms with van der Waals surface area (Å²) in [6.07, 6.45) is 5.78. The molecule has 7 heteroatoms. The number of para-hydroxylation sites is 1. The summed E-state index contributed by atoms with van der Waals surface area (Å²) < 4.78 is 3.85. The van der Waals surface area contributed by atoms with E-state index in [0.717, 1.165) is 36.7 Å². The van der Waals surface area contributed by atoms with Crippen LogP contribution in [0.1, 0.15) is 29.4 Å². The zero-order chi connectivity index (χ0) is 20.8. The van der Waals surface area contributed by atoms with Crippen LogP contribution < -0.4 is 10.6 Å². The van der Waals surface area contributed by atoms with Crippen LogP contribution >= 0.6 is 0 Å². The second kappa shape index (κ2) is 9.41. The molecule has 0 aliphatic carbocycles. The highest BCUT2D eigenvalue weighted by atomic mass is 15.3. The molecule has 3 aromatic rings. The van der Waals surface area contributed by atoms with Crippen molar-refractivity contribution in [3.63, 3.8) is 0 Å². The Balaban J connectivity index is 1.49. The Bertz CT molecular complexity index is 953. The van der Waals surface area contributed by atoms with Crippen molar-refractivity contribution in [2.75, 3.05) is 13.6 Å². The second-order valence-corrected chi connectivity index (χ2v) is 7.40. The third-order valence-corrected chi connectivity index (χ3v) is 5.14. The minimum Gasteiger partial charge on any atom is -0.356 e. The third-order valence-electron chi connectivity index (χ3n) is 5.14. The van der Waals surface area contributed by atoms with Crippen LogP contribution in [-0.2, 0) is 19.9 Å². The Morgan fingerprint density at radius 3 is 2.62 bits per heavy atom. The summed E-state index contributed by atoms with van der Waals surface area (Å²) in [5, 5.41) is 15.8. The molecule has 0 saturated heterocycles. The van der Waals surface area contributed by atoms with Gasteiger partial charge in [0.05, 0.1) is 17.6 Å². The molecule has 154 valence electrons. The van der Waals surface area contributed by atoms with Crippen molar-refractivity contribution in [1.29, 1.82) is 0 Å². The van der Waals surface area contributed by atoms with Crippen molar-refractivity contribution in [2.24, 2.45) is 12.0 Å². The molecule has 0 spiro atoms. The van der Waals surface area contributed by atoms with Crippen molar-refractivity contribution in [1.82, 2.24) is 30.2 Å². The van der Waals surface area contributed by atoms with Crippen molar-refractivity contribution < 1.29 is 0 Å². The fourth-order valence-electron chi connectivity index (χ4n) is 3.43. The molecule has 7 nitrogen and oxygen atoms in total. The van der Waals surface area contributed by atoms with E-state index < -0.39 is 0 Å². The minimum atomic E-state index is 0.253. The van der Waals surface area contributed by atoms with E-state index in [1.165, 1.54) is 16.8 Å². The molecule has 0 amide bonds. The standard InChI is InChI=1S/C22H31N7/c1-16(13-21-17(2)27-28(5)18(21)3)26-22(23-4)24-12-11-19-14-25-29(15-19)20-9-7-6-8-10-20/h6-10,14-16H,11-13H2,1-5H3,(H2,23,24,26). The average molecular weight is 394 g/mol. The SMILES string of the molecule is CN=C(NCCc1cnn(-c2ccccc2)c1)NC(C)Cc1c(C)nn(C)c1C. The number of hydrogen-bond donors (Lipinski definition) is 2. The first kappa shape index (κ1) is 20.6. The molecule has 2 aromatic heterocycles. The van der Waals surface area contributed by atoms with Crippen LogP contribution in [0.5, 0.6) is 0 Å². The number of aliphatic imine (C=N–C) groups is 1. The predicted molar refractivity (Wildman–Crippen MR) is 118 cm³/mol. The summed E-state index contributed by atoms with van der Waals surface area (Å²) in [5.74, 6) is 0.812. The fourth-order valence-corrected chi connectivity index (χ4v) is 3.43. The summed E-state index contributed by atoms with van der Waals surface area (Å²) in [4.78, 5) is 4.36. The lowest BCUT2D eigenvalue weighted by atomic mass is 10.1. The van der Waals surface area contributed by atoms with Gasteiger partial charge in [0, 0.05) is 38.6 Å². The molecule has 0 bridgehead atoms. The number of aryl methyl sites for hydroxylation is 2. The predicted octanol–water partition coefficient (Wildman–Crippen LogP) is 2.56. The van der Waals surface area contributed by atoms with Gasteiger partial charge in [0.2, 0.25) is 0 Å². The Morgan fingerprint density at radius 1 is 1.21 bits per heavy atom. The number of rotatable bonds is 7. The maximum Gasteiger partial charge on any atom is 0.191 e. The minimum absolute atomic E-state index is 0.253. The van der Waals surface area contributed by atoms with Crippen molar-refractivity contribution in [3.05, 3.63) is 65.2 Å². The van der Waals surface area contributed by atoms with Crippen LogP contribution in [0.3, 0.4) is 0 Å². The van der Waals surface area contributed by atoms with Crippen LogP contribution in [0, 0.1) is 13.8 Å². The molecular formula is C22H31N7. The highest BCUT2D eigenvalue weighted by Crippen LogP contribution is 2.14. The fraction of sp³-hybridized carbons (Fsp3) is 0.409. The number of nitrogens with one attached hydrogen (secondary N) is 2. The zero-order valence-electron chi connectivity index (χ0n) is 18.0. The van der Waals surface area contributed by atoms with Crippen LogP contribution in [-0.4, -0.2) is 45.2 Å². The molecule has 0 radical (unpaired) electrons. The first-order chi connectivity index (χ1) is 14.0. The monoisotopic (exact) mass is 393 g/mol. The second-order valence-electron chi connectivity index (χ2n) is 7.40. The molecule has 1 atom stereocenters. The summed E-state index contributed by atoms with van der Waals surface area (Å²) in [5.41, 5.74) is 5.87. The van der Waals surface area contributed by atoms with E-state index in [1.54, 1.807) is 7.05 Å². The molecule has 29 heavy (non-hydrogen) atoms. The van der Waals surface area contributed by atoms with Crippen molar-refractivity contribution in [3.8, 4) is 5.69 Å². The Hall–Kier alpha value is -3.09. The Morgan fingerprint density at radius 2 is 1.97 bits per heavy atom. The van der Waals surface area contributed by atoms with Gasteiger partial charge in [0.15, 0.2) is 5.96 Å². The summed E-state index contributed by atoms with van der Waals surface area (Å²) in [6.45, 7) is 7.14. The molecular weight excluding hydrogens is 362 g/mol. The van der Waals surface area contributed by atoms with Gasteiger partial charge in [-0.2, -0.15) is 10.2 Å². The van der Waals surface area contributed by atoms with E-state index in [1.807, 2.05) is 52.9 Å². The molecule has 2 N–H and O–H groups in total. The number of aromatic nitrogens is 4.